The van der Waals surface area contributed by atoms with Gasteiger partial charge in [-0.1, -0.05) is 170 Å². The second-order valence-corrected chi connectivity index (χ2v) is 15.6. The maximum absolute atomic E-state index is 9.97. The Balaban J connectivity index is 1.09. The van der Waals surface area contributed by atoms with Crippen molar-refractivity contribution in [1.29, 1.82) is 5.41 Å². The van der Waals surface area contributed by atoms with Gasteiger partial charge < -0.3 is 9.13 Å². The minimum absolute atomic E-state index is 0.137. The van der Waals surface area contributed by atoms with E-state index in [1.165, 1.54) is 10.8 Å². The summed E-state index contributed by atoms with van der Waals surface area (Å²) >= 11 is 0. The molecule has 0 aliphatic carbocycles. The predicted octanol–water partition coefficient (Wildman–Crippen LogP) is 13.7. The summed E-state index contributed by atoms with van der Waals surface area (Å²) < 4.78 is 6.83. The minimum atomic E-state index is 0.137. The Morgan fingerprint density at radius 2 is 0.839 bits per heavy atom. The number of benzene rings is 9. The fourth-order valence-corrected chi connectivity index (χ4v) is 9.39. The van der Waals surface area contributed by atoms with E-state index in [-0.39, 0.29) is 5.84 Å². The van der Waals surface area contributed by atoms with Crippen LogP contribution < -0.4 is 5.43 Å². The lowest BCUT2D eigenvalue weighted by Gasteiger charge is -2.17. The van der Waals surface area contributed by atoms with Crippen molar-refractivity contribution >= 4 is 77.1 Å². The summed E-state index contributed by atoms with van der Waals surface area (Å²) in [5, 5.41) is 16.9. The number of rotatable bonds is 6. The van der Waals surface area contributed by atoms with Gasteiger partial charge in [0.05, 0.1) is 38.8 Å². The highest BCUT2D eigenvalue weighted by atomic mass is 15.4. The van der Waals surface area contributed by atoms with Gasteiger partial charge in [0.1, 0.15) is 0 Å². The zero-order valence-corrected chi connectivity index (χ0v) is 33.6. The van der Waals surface area contributed by atoms with Crippen LogP contribution in [0.5, 0.6) is 0 Å². The third kappa shape index (κ3) is 5.58. The third-order valence-corrected chi connectivity index (χ3v) is 12.2. The minimum Gasteiger partial charge on any atom is -0.307 e. The number of para-hydroxylation sites is 6. The Hall–Kier alpha value is -8.48. The molecule has 12 rings (SSSR count). The Kier molecular flexibility index (Phi) is 8.22. The topological polar surface area (TPSA) is 63.0 Å². The van der Waals surface area contributed by atoms with Gasteiger partial charge in [-0.05, 0) is 59.7 Å². The van der Waals surface area contributed by atoms with Crippen LogP contribution in [-0.2, 0) is 0 Å². The number of aliphatic imine (C=N–C) groups is 1. The van der Waals surface area contributed by atoms with Crippen molar-refractivity contribution in [2.75, 3.05) is 5.43 Å². The number of aromatic nitrogens is 3. The van der Waals surface area contributed by atoms with Crippen LogP contribution >= 0.6 is 0 Å². The molecule has 0 atom stereocenters. The maximum Gasteiger partial charge on any atom is 0.156 e. The van der Waals surface area contributed by atoms with Crippen molar-refractivity contribution in [2.45, 2.75) is 0 Å². The quantitative estimate of drug-likeness (QED) is 0.128. The molecule has 0 saturated heterocycles. The Morgan fingerprint density at radius 1 is 0.387 bits per heavy atom. The Labute approximate surface area is 357 Å². The number of hydrogen-bond donors (Lipinski definition) is 2. The van der Waals surface area contributed by atoms with Crippen molar-refractivity contribution in [3.8, 4) is 22.5 Å². The molecule has 0 amide bonds. The molecule has 3 aromatic heterocycles. The second kappa shape index (κ2) is 14.4. The standard InChI is InChI=1S/C56H38N6/c57-55(58-56(39-33-31-38(32-34-39)37-17-3-1-4-18-37)59-62-51-29-15-9-21-41(51)42-22-10-16-30-52(42)62)47-25-11-14-28-50(47)61-49-27-13-8-24-44(49)46-36-35-45-43-23-7-12-26-48(43)60(53(45)54(46)61)40-19-5-2-6-20-40/h1-36H,(H2,57,58,59). The number of fused-ring (bicyclic) bond motifs is 10. The first-order valence-corrected chi connectivity index (χ1v) is 20.9. The van der Waals surface area contributed by atoms with Crippen molar-refractivity contribution < 1.29 is 0 Å². The molecule has 0 aliphatic heterocycles. The zero-order valence-electron chi connectivity index (χ0n) is 33.6. The fraction of sp³-hybridized carbons (Fsp3) is 0. The summed E-state index contributed by atoms with van der Waals surface area (Å²) in [6, 6.07) is 76.2. The molecule has 2 N–H and O–H groups in total. The molecule has 6 heteroatoms. The molecule has 292 valence electrons. The van der Waals surface area contributed by atoms with Crippen LogP contribution in [-0.4, -0.2) is 25.5 Å². The lowest BCUT2D eigenvalue weighted by atomic mass is 10.0. The van der Waals surface area contributed by atoms with E-state index in [4.69, 9.17) is 4.99 Å². The van der Waals surface area contributed by atoms with Gasteiger partial charge in [-0.2, -0.15) is 0 Å². The average molecular weight is 795 g/mol. The number of hydrogen-bond acceptors (Lipinski definition) is 1. The van der Waals surface area contributed by atoms with Crippen LogP contribution in [0.3, 0.4) is 0 Å². The smallest absolute Gasteiger partial charge is 0.156 e. The van der Waals surface area contributed by atoms with E-state index in [2.05, 4.69) is 219 Å². The lowest BCUT2D eigenvalue weighted by Crippen LogP contribution is -2.25. The predicted molar refractivity (Wildman–Crippen MR) is 259 cm³/mol. The van der Waals surface area contributed by atoms with E-state index in [9.17, 15) is 5.41 Å². The molecular formula is C56H38N6. The molecule has 62 heavy (non-hydrogen) atoms. The summed E-state index contributed by atoms with van der Waals surface area (Å²) in [5.41, 5.74) is 15.9. The number of amidine groups is 2. The van der Waals surface area contributed by atoms with Crippen molar-refractivity contribution in [2.24, 2.45) is 4.99 Å². The third-order valence-electron chi connectivity index (χ3n) is 12.2. The van der Waals surface area contributed by atoms with Crippen LogP contribution in [0.15, 0.2) is 223 Å². The molecule has 0 fully saturated rings. The van der Waals surface area contributed by atoms with Gasteiger partial charge in [0, 0.05) is 49.1 Å². The van der Waals surface area contributed by atoms with Crippen LogP contribution in [0.2, 0.25) is 0 Å². The monoisotopic (exact) mass is 794 g/mol. The van der Waals surface area contributed by atoms with E-state index in [1.54, 1.807) is 0 Å². The van der Waals surface area contributed by atoms with Gasteiger partial charge in [-0.25, -0.2) is 4.99 Å². The van der Waals surface area contributed by atoms with Crippen LogP contribution in [0.1, 0.15) is 11.1 Å². The highest BCUT2D eigenvalue weighted by Crippen LogP contribution is 2.42. The molecule has 12 aromatic rings. The highest BCUT2D eigenvalue weighted by molar-refractivity contribution is 6.24. The molecule has 0 bridgehead atoms. The Bertz CT molecular complexity index is 3670. The molecular weight excluding hydrogens is 757 g/mol. The SMILES string of the molecule is N=C(/N=C(\Nn1c2ccccc2c2ccccc21)c1ccc(-c2ccccc2)cc1)c1ccccc1-n1c2ccccc2c2ccc3c4ccccc4n(-c4ccccc4)c3c21. The Morgan fingerprint density at radius 3 is 1.45 bits per heavy atom. The van der Waals surface area contributed by atoms with E-state index in [0.717, 1.165) is 82.7 Å². The van der Waals surface area contributed by atoms with E-state index in [1.807, 2.05) is 18.2 Å². The first-order valence-electron chi connectivity index (χ1n) is 20.9. The van der Waals surface area contributed by atoms with E-state index < -0.39 is 0 Å². The van der Waals surface area contributed by atoms with E-state index >= 15 is 0 Å². The molecule has 0 aliphatic rings. The summed E-state index contributed by atoms with van der Waals surface area (Å²) in [6.07, 6.45) is 0. The second-order valence-electron chi connectivity index (χ2n) is 15.6. The molecule has 9 aromatic carbocycles. The highest BCUT2D eigenvalue weighted by Gasteiger charge is 2.23. The van der Waals surface area contributed by atoms with Crippen LogP contribution in [0.25, 0.3) is 87.9 Å². The van der Waals surface area contributed by atoms with E-state index in [0.29, 0.717) is 11.4 Å². The molecule has 0 spiro atoms. The van der Waals surface area contributed by atoms with Gasteiger partial charge >= 0.3 is 0 Å². The maximum atomic E-state index is 9.97. The lowest BCUT2D eigenvalue weighted by molar-refractivity contribution is 1.08. The molecule has 0 unspecified atom stereocenters. The number of nitrogens with one attached hydrogen (secondary N) is 2. The first kappa shape index (κ1) is 35.5. The normalized spacial score (nSPS) is 12.0. The molecule has 0 saturated carbocycles. The summed E-state index contributed by atoms with van der Waals surface area (Å²) in [4.78, 5) is 5.25. The molecule has 0 radical (unpaired) electrons. The van der Waals surface area contributed by atoms with Crippen LogP contribution in [0.4, 0.5) is 0 Å². The van der Waals surface area contributed by atoms with Gasteiger partial charge in [0.25, 0.3) is 0 Å². The van der Waals surface area contributed by atoms with Gasteiger partial charge in [-0.15, -0.1) is 0 Å². The summed E-state index contributed by atoms with van der Waals surface area (Å²) in [6.45, 7) is 0. The number of nitrogens with zero attached hydrogens (tertiary/aromatic N) is 4. The summed E-state index contributed by atoms with van der Waals surface area (Å²) in [7, 11) is 0. The average Bonchev–Trinajstić information content (AvgIpc) is 3.98. The van der Waals surface area contributed by atoms with Crippen molar-refractivity contribution in [1.82, 2.24) is 13.8 Å². The van der Waals surface area contributed by atoms with Crippen LogP contribution in [0, 0.1) is 5.41 Å². The summed E-state index contributed by atoms with van der Waals surface area (Å²) in [5.74, 6) is 0.697. The fourth-order valence-electron chi connectivity index (χ4n) is 9.39. The zero-order chi connectivity index (χ0) is 41.1. The molecule has 6 nitrogen and oxygen atoms in total. The largest absolute Gasteiger partial charge is 0.307 e. The molecule has 3 heterocycles. The van der Waals surface area contributed by atoms with Gasteiger partial charge in [0.2, 0.25) is 0 Å². The van der Waals surface area contributed by atoms with Crippen molar-refractivity contribution in [3.63, 3.8) is 0 Å². The van der Waals surface area contributed by atoms with Gasteiger partial charge in [0.15, 0.2) is 11.7 Å². The van der Waals surface area contributed by atoms with Gasteiger partial charge in [-0.3, -0.25) is 15.5 Å². The first-order chi connectivity index (χ1) is 30.7. The van der Waals surface area contributed by atoms with Crippen molar-refractivity contribution in [3.05, 3.63) is 230 Å².